The van der Waals surface area contributed by atoms with Crippen molar-refractivity contribution < 1.29 is 9.53 Å². The number of carbonyl (C=O) groups is 1. The highest BCUT2D eigenvalue weighted by Gasteiger charge is 2.13. The fourth-order valence-electron chi connectivity index (χ4n) is 0.982. The molecule has 7 heteroatoms. The molecule has 0 saturated heterocycles. The fourth-order valence-corrected chi connectivity index (χ4v) is 3.98. The molecule has 1 aromatic rings. The van der Waals surface area contributed by atoms with Crippen LogP contribution in [-0.4, -0.2) is 19.1 Å². The summed E-state index contributed by atoms with van der Waals surface area (Å²) in [4.78, 5) is 10.4. The van der Waals surface area contributed by atoms with Crippen molar-refractivity contribution in [1.82, 2.24) is 0 Å². The van der Waals surface area contributed by atoms with E-state index >= 15 is 0 Å². The Hall–Kier alpha value is 0.0500. The first kappa shape index (κ1) is 13.1. The molecule has 15 heavy (non-hydrogen) atoms. The van der Waals surface area contributed by atoms with Crippen molar-refractivity contribution in [3.05, 3.63) is 19.2 Å². The van der Waals surface area contributed by atoms with E-state index in [1.807, 2.05) is 6.07 Å². The standard InChI is InChI=1S/C8H10Br2N2O2S/c9-6-1-4(8(10)15-6)5(11)2-14-3-7(12)13/h1,5H,2-3,11H2,(H2,12,13). The van der Waals surface area contributed by atoms with Crippen molar-refractivity contribution in [3.63, 3.8) is 0 Å². The molecule has 1 atom stereocenters. The Morgan fingerprint density at radius 3 is 2.73 bits per heavy atom. The highest BCUT2D eigenvalue weighted by Crippen LogP contribution is 2.34. The second-order valence-corrected chi connectivity index (χ2v) is 6.62. The lowest BCUT2D eigenvalue weighted by atomic mass is 10.2. The minimum atomic E-state index is -0.493. The maximum absolute atomic E-state index is 10.4. The lowest BCUT2D eigenvalue weighted by Crippen LogP contribution is -2.23. The minimum absolute atomic E-state index is 0.101. The smallest absolute Gasteiger partial charge is 0.243 e. The number of nitrogens with two attached hydrogens (primary N) is 2. The van der Waals surface area contributed by atoms with Gasteiger partial charge >= 0.3 is 0 Å². The van der Waals surface area contributed by atoms with E-state index in [1.165, 1.54) is 0 Å². The molecule has 1 rings (SSSR count). The lowest BCUT2D eigenvalue weighted by Gasteiger charge is -2.10. The average Bonchev–Trinajstić information content (AvgIpc) is 2.44. The number of hydrogen-bond donors (Lipinski definition) is 2. The van der Waals surface area contributed by atoms with Gasteiger partial charge in [0.2, 0.25) is 5.91 Å². The summed E-state index contributed by atoms with van der Waals surface area (Å²) in [6.45, 7) is 0.168. The van der Waals surface area contributed by atoms with Gasteiger partial charge in [-0.15, -0.1) is 11.3 Å². The zero-order valence-corrected chi connectivity index (χ0v) is 11.7. The molecular weight excluding hydrogens is 348 g/mol. The van der Waals surface area contributed by atoms with Crippen LogP contribution in [0.2, 0.25) is 0 Å². The first-order chi connectivity index (χ1) is 7.00. The zero-order chi connectivity index (χ0) is 11.4. The largest absolute Gasteiger partial charge is 0.370 e. The van der Waals surface area contributed by atoms with Crippen LogP contribution in [0.15, 0.2) is 13.6 Å². The third-order valence-electron chi connectivity index (χ3n) is 1.62. The highest BCUT2D eigenvalue weighted by atomic mass is 79.9. The van der Waals surface area contributed by atoms with E-state index < -0.39 is 5.91 Å². The summed E-state index contributed by atoms with van der Waals surface area (Å²) in [6.07, 6.45) is 0. The third-order valence-corrected chi connectivity index (χ3v) is 4.01. The van der Waals surface area contributed by atoms with Gasteiger partial charge in [-0.3, -0.25) is 4.79 Å². The predicted molar refractivity (Wildman–Crippen MR) is 66.7 cm³/mol. The molecule has 0 aliphatic carbocycles. The SMILES string of the molecule is NC(=O)COCC(N)c1cc(Br)sc1Br. The summed E-state index contributed by atoms with van der Waals surface area (Å²) in [6, 6.07) is 1.66. The van der Waals surface area contributed by atoms with Crippen LogP contribution in [0.25, 0.3) is 0 Å². The van der Waals surface area contributed by atoms with Crippen LogP contribution in [-0.2, 0) is 9.53 Å². The fraction of sp³-hybridized carbons (Fsp3) is 0.375. The van der Waals surface area contributed by atoms with Crippen LogP contribution >= 0.6 is 43.2 Å². The van der Waals surface area contributed by atoms with Gasteiger partial charge in [-0.1, -0.05) is 0 Å². The van der Waals surface area contributed by atoms with E-state index in [-0.39, 0.29) is 19.3 Å². The van der Waals surface area contributed by atoms with E-state index in [4.69, 9.17) is 16.2 Å². The van der Waals surface area contributed by atoms with Crippen LogP contribution in [0.1, 0.15) is 11.6 Å². The molecular formula is C8H10Br2N2O2S. The Morgan fingerprint density at radius 2 is 2.27 bits per heavy atom. The molecule has 0 saturated carbocycles. The number of amides is 1. The molecule has 0 spiro atoms. The van der Waals surface area contributed by atoms with E-state index in [0.717, 1.165) is 13.1 Å². The molecule has 1 amide bonds. The van der Waals surface area contributed by atoms with Gasteiger partial charge in [0.25, 0.3) is 0 Å². The van der Waals surface area contributed by atoms with Gasteiger partial charge in [0.05, 0.1) is 20.2 Å². The topological polar surface area (TPSA) is 78.3 Å². The number of hydrogen-bond acceptors (Lipinski definition) is 4. The molecule has 0 radical (unpaired) electrons. The normalized spacial score (nSPS) is 12.7. The Balaban J connectivity index is 2.50. The van der Waals surface area contributed by atoms with E-state index in [1.54, 1.807) is 11.3 Å². The van der Waals surface area contributed by atoms with Crippen LogP contribution in [0.4, 0.5) is 0 Å². The monoisotopic (exact) mass is 356 g/mol. The maximum Gasteiger partial charge on any atom is 0.243 e. The van der Waals surface area contributed by atoms with Gasteiger partial charge in [0.1, 0.15) is 6.61 Å². The number of thiophene rings is 1. The Bertz CT molecular complexity index is 356. The van der Waals surface area contributed by atoms with Gasteiger partial charge in [0, 0.05) is 0 Å². The number of carbonyl (C=O) groups excluding carboxylic acids is 1. The van der Waals surface area contributed by atoms with Crippen LogP contribution < -0.4 is 11.5 Å². The molecule has 0 aliphatic heterocycles. The van der Waals surface area contributed by atoms with Crippen molar-refractivity contribution in [2.24, 2.45) is 11.5 Å². The van der Waals surface area contributed by atoms with Crippen molar-refractivity contribution in [3.8, 4) is 0 Å². The van der Waals surface area contributed by atoms with Crippen LogP contribution in [0, 0.1) is 0 Å². The van der Waals surface area contributed by atoms with E-state index in [2.05, 4.69) is 31.9 Å². The van der Waals surface area contributed by atoms with Gasteiger partial charge < -0.3 is 16.2 Å². The molecule has 84 valence electrons. The Kier molecular flexibility index (Phi) is 5.20. The number of primary amides is 1. The number of ether oxygens (including phenoxy) is 1. The summed E-state index contributed by atoms with van der Waals surface area (Å²) in [7, 11) is 0. The summed E-state index contributed by atoms with van der Waals surface area (Å²) in [5, 5.41) is 0. The van der Waals surface area contributed by atoms with Gasteiger partial charge in [0.15, 0.2) is 0 Å². The maximum atomic E-state index is 10.4. The predicted octanol–water partition coefficient (Wildman–Crippen LogP) is 1.77. The quantitative estimate of drug-likeness (QED) is 0.842. The summed E-state index contributed by atoms with van der Waals surface area (Å²) in [5.41, 5.74) is 11.8. The van der Waals surface area contributed by atoms with E-state index in [0.29, 0.717) is 0 Å². The van der Waals surface area contributed by atoms with Gasteiger partial charge in [-0.25, -0.2) is 0 Å². The summed E-state index contributed by atoms with van der Waals surface area (Å²) >= 11 is 8.30. The minimum Gasteiger partial charge on any atom is -0.370 e. The molecule has 0 bridgehead atoms. The second-order valence-electron chi connectivity index (χ2n) is 2.87. The van der Waals surface area contributed by atoms with Crippen molar-refractivity contribution >= 4 is 49.1 Å². The molecule has 1 aromatic heterocycles. The van der Waals surface area contributed by atoms with Crippen molar-refractivity contribution in [1.29, 1.82) is 0 Å². The Labute approximate surface area is 108 Å². The summed E-state index contributed by atoms with van der Waals surface area (Å²) in [5.74, 6) is -0.493. The average molecular weight is 358 g/mol. The van der Waals surface area contributed by atoms with Crippen molar-refractivity contribution in [2.45, 2.75) is 6.04 Å². The van der Waals surface area contributed by atoms with Gasteiger partial charge in [-0.2, -0.15) is 0 Å². The highest BCUT2D eigenvalue weighted by molar-refractivity contribution is 9.12. The second kappa shape index (κ2) is 5.95. The first-order valence-corrected chi connectivity index (χ1v) is 6.47. The molecule has 0 fully saturated rings. The van der Waals surface area contributed by atoms with Crippen LogP contribution in [0.5, 0.6) is 0 Å². The molecule has 1 heterocycles. The lowest BCUT2D eigenvalue weighted by molar-refractivity contribution is -0.122. The Morgan fingerprint density at radius 1 is 1.60 bits per heavy atom. The number of halogens is 2. The summed E-state index contributed by atoms with van der Waals surface area (Å²) < 4.78 is 7.00. The zero-order valence-electron chi connectivity index (χ0n) is 7.70. The third kappa shape index (κ3) is 4.20. The van der Waals surface area contributed by atoms with Crippen LogP contribution in [0.3, 0.4) is 0 Å². The molecule has 4 N–H and O–H groups in total. The molecule has 0 aromatic carbocycles. The molecule has 4 nitrogen and oxygen atoms in total. The van der Waals surface area contributed by atoms with Gasteiger partial charge in [-0.05, 0) is 43.5 Å². The number of rotatable bonds is 5. The molecule has 0 aliphatic rings. The van der Waals surface area contributed by atoms with Crippen molar-refractivity contribution in [2.75, 3.05) is 13.2 Å². The van der Waals surface area contributed by atoms with E-state index in [9.17, 15) is 4.79 Å². The first-order valence-electron chi connectivity index (χ1n) is 4.07. The molecule has 1 unspecified atom stereocenters.